The fraction of sp³-hybridized carbons (Fsp3) is 0.964. The highest BCUT2D eigenvalue weighted by Crippen LogP contribution is 2.19. The Balaban J connectivity index is 0.000000601. The molecule has 2 heterocycles. The van der Waals surface area contributed by atoms with E-state index in [9.17, 15) is 9.59 Å². The molecule has 60 heavy (non-hydrogen) atoms. The molecule has 0 aliphatic carbocycles. The van der Waals surface area contributed by atoms with Crippen molar-refractivity contribution < 1.29 is 9.59 Å². The van der Waals surface area contributed by atoms with Gasteiger partial charge in [0.05, 0.1) is 0 Å². The Labute approximate surface area is 378 Å². The molecule has 2 aliphatic rings. The molecule has 0 unspecified atom stereocenters. The first kappa shape index (κ1) is 57.0. The minimum absolute atomic E-state index is 0.276. The molecule has 0 aromatic heterocycles. The Morgan fingerprint density at radius 1 is 0.183 bits per heavy atom. The monoisotopic (exact) mass is 843 g/mol. The lowest BCUT2D eigenvalue weighted by Gasteiger charge is -2.21. The number of carbonyl (C=O) groups is 2. The second kappa shape index (κ2) is 47.4. The molecule has 0 spiro atoms. The van der Waals surface area contributed by atoms with E-state index in [2.05, 4.69) is 9.80 Å². The maximum atomic E-state index is 11.9. The van der Waals surface area contributed by atoms with Gasteiger partial charge in [0.1, 0.15) is 0 Å². The molecule has 0 N–H and O–H groups in total. The first-order valence-electron chi connectivity index (χ1n) is 28.1. The highest BCUT2D eigenvalue weighted by Gasteiger charge is 2.09. The standard InChI is InChI=1S/C29H57NO.C27H53NO/c1-29(31)30-27-25-23-21-19-17-15-13-11-9-7-5-3-2-4-6-8-10-12-14-16-18-20-22-24-26-28-30;1-27(29)28-25-23-21-19-17-15-13-11-9-7-5-3-2-4-6-8-10-12-14-16-18-20-22-24-26-28/h2-28H2,1H3;2-26H2,1H3. The van der Waals surface area contributed by atoms with Crippen molar-refractivity contribution in [3.8, 4) is 0 Å². The van der Waals surface area contributed by atoms with Crippen LogP contribution in [-0.2, 0) is 9.59 Å². The number of amides is 2. The van der Waals surface area contributed by atoms with Crippen molar-refractivity contribution in [1.82, 2.24) is 9.80 Å². The van der Waals surface area contributed by atoms with Gasteiger partial charge in [-0.15, -0.1) is 0 Å². The van der Waals surface area contributed by atoms with Crippen molar-refractivity contribution >= 4 is 11.8 Å². The van der Waals surface area contributed by atoms with Gasteiger partial charge < -0.3 is 9.80 Å². The van der Waals surface area contributed by atoms with Gasteiger partial charge in [-0.25, -0.2) is 0 Å². The van der Waals surface area contributed by atoms with Crippen LogP contribution >= 0.6 is 0 Å². The summed E-state index contributed by atoms with van der Waals surface area (Å²) in [6.45, 7) is 7.43. The van der Waals surface area contributed by atoms with Gasteiger partial charge >= 0.3 is 0 Å². The van der Waals surface area contributed by atoms with Crippen LogP contribution in [0.15, 0.2) is 0 Å². The Bertz CT molecular complexity index is 821. The highest BCUT2D eigenvalue weighted by molar-refractivity contribution is 5.73. The third kappa shape index (κ3) is 42.3. The summed E-state index contributed by atoms with van der Waals surface area (Å²) in [6.07, 6.45) is 67.3. The van der Waals surface area contributed by atoms with Crippen molar-refractivity contribution in [2.24, 2.45) is 0 Å². The average molecular weight is 844 g/mol. The van der Waals surface area contributed by atoms with E-state index in [1.54, 1.807) is 13.8 Å². The molecule has 0 bridgehead atoms. The quantitative estimate of drug-likeness (QED) is 0.244. The van der Waals surface area contributed by atoms with Crippen molar-refractivity contribution in [2.75, 3.05) is 26.2 Å². The van der Waals surface area contributed by atoms with Gasteiger partial charge in [-0.3, -0.25) is 9.59 Å². The molecule has 2 rings (SSSR count). The largest absolute Gasteiger partial charge is 0.343 e. The van der Waals surface area contributed by atoms with Crippen molar-refractivity contribution in [1.29, 1.82) is 0 Å². The number of rotatable bonds is 0. The lowest BCUT2D eigenvalue weighted by molar-refractivity contribution is -0.129. The van der Waals surface area contributed by atoms with Crippen LogP contribution in [0.4, 0.5) is 0 Å². The number of carbonyl (C=O) groups excluding carboxylic acids is 2. The van der Waals surface area contributed by atoms with Gasteiger partial charge in [0, 0.05) is 40.0 Å². The van der Waals surface area contributed by atoms with Crippen LogP contribution in [0.5, 0.6) is 0 Å². The summed E-state index contributed by atoms with van der Waals surface area (Å²) in [5, 5.41) is 0. The molecule has 4 nitrogen and oxygen atoms in total. The minimum atomic E-state index is 0.276. The Kier molecular flexibility index (Phi) is 45.0. The number of hydrogen-bond acceptors (Lipinski definition) is 2. The van der Waals surface area contributed by atoms with Gasteiger partial charge in [-0.2, -0.15) is 0 Å². The summed E-state index contributed by atoms with van der Waals surface area (Å²) in [6, 6.07) is 0. The molecule has 2 fully saturated rings. The molecular formula is C56H110N2O2. The van der Waals surface area contributed by atoms with Gasteiger partial charge in [-0.05, 0) is 25.7 Å². The first-order valence-corrected chi connectivity index (χ1v) is 28.1. The summed E-state index contributed by atoms with van der Waals surface area (Å²) in [4.78, 5) is 28.0. The lowest BCUT2D eigenvalue weighted by atomic mass is 10.0. The predicted octanol–water partition coefficient (Wildman–Crippen LogP) is 18.4. The van der Waals surface area contributed by atoms with Crippen LogP contribution in [0.25, 0.3) is 0 Å². The van der Waals surface area contributed by atoms with Crippen LogP contribution in [0.3, 0.4) is 0 Å². The molecule has 2 saturated heterocycles. The number of nitrogens with zero attached hydrogens (tertiary/aromatic N) is 2. The van der Waals surface area contributed by atoms with E-state index in [0.717, 1.165) is 26.2 Å². The third-order valence-corrected chi connectivity index (χ3v) is 14.1. The minimum Gasteiger partial charge on any atom is -0.343 e. The summed E-state index contributed by atoms with van der Waals surface area (Å²) < 4.78 is 0. The van der Waals surface area contributed by atoms with Crippen LogP contribution < -0.4 is 0 Å². The van der Waals surface area contributed by atoms with Gasteiger partial charge in [0.15, 0.2) is 0 Å². The third-order valence-electron chi connectivity index (χ3n) is 14.1. The van der Waals surface area contributed by atoms with E-state index in [1.807, 2.05) is 0 Å². The first-order chi connectivity index (χ1) is 29.6. The second-order valence-corrected chi connectivity index (χ2v) is 20.0. The molecule has 0 radical (unpaired) electrons. The molecule has 4 heteroatoms. The summed E-state index contributed by atoms with van der Waals surface area (Å²) in [5.41, 5.74) is 0. The molecule has 0 saturated carbocycles. The zero-order valence-electron chi connectivity index (χ0n) is 41.5. The van der Waals surface area contributed by atoms with Crippen LogP contribution in [0.1, 0.15) is 322 Å². The SMILES string of the molecule is CC(=O)N1CCCCCCCCCCCCCCCCCCCCCCCCC1.CC(=O)N1CCCCCCCCCCCCCCCCCCCCCCCCCCC1. The predicted molar refractivity (Wildman–Crippen MR) is 266 cm³/mol. The second-order valence-electron chi connectivity index (χ2n) is 20.0. The van der Waals surface area contributed by atoms with Crippen LogP contribution in [0, 0.1) is 0 Å². The Morgan fingerprint density at radius 2 is 0.267 bits per heavy atom. The zero-order valence-corrected chi connectivity index (χ0v) is 41.5. The van der Waals surface area contributed by atoms with Gasteiger partial charge in [-0.1, -0.05) is 283 Å². The van der Waals surface area contributed by atoms with Crippen molar-refractivity contribution in [3.05, 3.63) is 0 Å². The maximum absolute atomic E-state index is 11.9. The lowest BCUT2D eigenvalue weighted by Crippen LogP contribution is -2.30. The van der Waals surface area contributed by atoms with Crippen molar-refractivity contribution in [3.63, 3.8) is 0 Å². The van der Waals surface area contributed by atoms with E-state index in [4.69, 9.17) is 0 Å². The molecule has 0 aromatic rings. The molecule has 0 atom stereocenters. The highest BCUT2D eigenvalue weighted by atomic mass is 16.2. The maximum Gasteiger partial charge on any atom is 0.219 e. The van der Waals surface area contributed by atoms with E-state index in [-0.39, 0.29) is 11.8 Å². The smallest absolute Gasteiger partial charge is 0.219 e. The topological polar surface area (TPSA) is 40.6 Å². The zero-order chi connectivity index (χ0) is 43.1. The normalized spacial score (nSPS) is 22.8. The van der Waals surface area contributed by atoms with E-state index in [0.29, 0.717) is 0 Å². The molecule has 2 aliphatic heterocycles. The molecule has 2 amide bonds. The number of hydrogen-bond donors (Lipinski definition) is 0. The summed E-state index contributed by atoms with van der Waals surface area (Å²) >= 11 is 0. The molecular weight excluding hydrogens is 733 g/mol. The van der Waals surface area contributed by atoms with Crippen LogP contribution in [-0.4, -0.2) is 47.8 Å². The van der Waals surface area contributed by atoms with Gasteiger partial charge in [0.2, 0.25) is 11.8 Å². The molecule has 356 valence electrons. The van der Waals surface area contributed by atoms with Crippen LogP contribution in [0.2, 0.25) is 0 Å². The van der Waals surface area contributed by atoms with E-state index < -0.39 is 0 Å². The Morgan fingerprint density at radius 3 is 0.350 bits per heavy atom. The summed E-state index contributed by atoms with van der Waals surface area (Å²) in [7, 11) is 0. The Hall–Kier alpha value is -1.06. The fourth-order valence-electron chi connectivity index (χ4n) is 9.84. The van der Waals surface area contributed by atoms with Gasteiger partial charge in [0.25, 0.3) is 0 Å². The molecule has 0 aromatic carbocycles. The van der Waals surface area contributed by atoms with E-state index >= 15 is 0 Å². The summed E-state index contributed by atoms with van der Waals surface area (Å²) in [5.74, 6) is 0.554. The van der Waals surface area contributed by atoms with E-state index in [1.165, 1.54) is 308 Å². The van der Waals surface area contributed by atoms with Crippen molar-refractivity contribution in [2.45, 2.75) is 322 Å². The average Bonchev–Trinajstić information content (AvgIpc) is 3.23. The fourth-order valence-corrected chi connectivity index (χ4v) is 9.84.